The molecule has 2 rings (SSSR count). The highest BCUT2D eigenvalue weighted by atomic mass is 16.5. The number of benzene rings is 1. The Morgan fingerprint density at radius 2 is 1.81 bits per heavy atom. The third-order valence-corrected chi connectivity index (χ3v) is 3.09. The van der Waals surface area contributed by atoms with Crippen LogP contribution in [0.25, 0.3) is 0 Å². The molecule has 0 spiro atoms. The summed E-state index contributed by atoms with van der Waals surface area (Å²) in [4.78, 5) is 0. The molecular formula is C15H21N3O3. The Morgan fingerprint density at radius 3 is 2.29 bits per heavy atom. The molecule has 1 aromatic heterocycles. The normalized spacial score (nSPS) is 10.5. The van der Waals surface area contributed by atoms with Crippen molar-refractivity contribution in [3.8, 4) is 17.2 Å². The van der Waals surface area contributed by atoms with Gasteiger partial charge < -0.3 is 19.9 Å². The predicted molar refractivity (Wildman–Crippen MR) is 79.8 cm³/mol. The van der Waals surface area contributed by atoms with E-state index in [4.69, 9.17) is 19.9 Å². The van der Waals surface area contributed by atoms with Gasteiger partial charge in [0.2, 0.25) is 5.75 Å². The Labute approximate surface area is 124 Å². The first kappa shape index (κ1) is 15.2. The summed E-state index contributed by atoms with van der Waals surface area (Å²) in [6.07, 6.45) is 4.43. The fourth-order valence-electron chi connectivity index (χ4n) is 2.09. The van der Waals surface area contributed by atoms with Crippen LogP contribution in [-0.2, 0) is 20.1 Å². The molecule has 1 heterocycles. The standard InChI is InChI=1S/C15H21N3O3/c1-18-9-12(8-17-18)10-21-15-13(19-2)6-11(4-5-16)7-14(15)20-3/h6-9H,4-5,10,16H2,1-3H3. The lowest BCUT2D eigenvalue weighted by atomic mass is 10.1. The van der Waals surface area contributed by atoms with Gasteiger partial charge in [0.25, 0.3) is 0 Å². The molecule has 6 nitrogen and oxygen atoms in total. The maximum absolute atomic E-state index is 5.85. The molecule has 21 heavy (non-hydrogen) atoms. The summed E-state index contributed by atoms with van der Waals surface area (Å²) in [6.45, 7) is 0.971. The minimum atomic E-state index is 0.400. The molecule has 0 aliphatic carbocycles. The van der Waals surface area contributed by atoms with Crippen LogP contribution >= 0.6 is 0 Å². The van der Waals surface area contributed by atoms with Crippen LogP contribution in [0.2, 0.25) is 0 Å². The van der Waals surface area contributed by atoms with E-state index in [1.165, 1.54) is 0 Å². The molecule has 0 aliphatic rings. The van der Waals surface area contributed by atoms with E-state index in [1.54, 1.807) is 25.1 Å². The van der Waals surface area contributed by atoms with Crippen molar-refractivity contribution in [3.63, 3.8) is 0 Å². The van der Waals surface area contributed by atoms with Crippen molar-refractivity contribution >= 4 is 0 Å². The Balaban J connectivity index is 2.23. The number of aryl methyl sites for hydroxylation is 1. The van der Waals surface area contributed by atoms with Crippen LogP contribution in [0.15, 0.2) is 24.5 Å². The van der Waals surface area contributed by atoms with Gasteiger partial charge in [0, 0.05) is 18.8 Å². The maximum atomic E-state index is 5.85. The smallest absolute Gasteiger partial charge is 0.203 e. The van der Waals surface area contributed by atoms with Gasteiger partial charge in [-0.15, -0.1) is 0 Å². The molecule has 0 aliphatic heterocycles. The third kappa shape index (κ3) is 3.66. The summed E-state index contributed by atoms with van der Waals surface area (Å²) in [7, 11) is 5.09. The van der Waals surface area contributed by atoms with E-state index < -0.39 is 0 Å². The number of hydrogen-bond acceptors (Lipinski definition) is 5. The van der Waals surface area contributed by atoms with Gasteiger partial charge in [-0.1, -0.05) is 0 Å². The van der Waals surface area contributed by atoms with Crippen molar-refractivity contribution in [2.75, 3.05) is 20.8 Å². The number of nitrogens with two attached hydrogens (primary N) is 1. The van der Waals surface area contributed by atoms with Crippen LogP contribution in [0.1, 0.15) is 11.1 Å². The first-order chi connectivity index (χ1) is 10.2. The molecule has 0 unspecified atom stereocenters. The van der Waals surface area contributed by atoms with Crippen LogP contribution in [0.4, 0.5) is 0 Å². The van der Waals surface area contributed by atoms with Crippen molar-refractivity contribution in [3.05, 3.63) is 35.7 Å². The topological polar surface area (TPSA) is 71.5 Å². The fourth-order valence-corrected chi connectivity index (χ4v) is 2.09. The summed E-state index contributed by atoms with van der Waals surface area (Å²) in [5.41, 5.74) is 7.63. The van der Waals surface area contributed by atoms with Crippen molar-refractivity contribution in [2.45, 2.75) is 13.0 Å². The number of hydrogen-bond donors (Lipinski definition) is 1. The second-order valence-electron chi connectivity index (χ2n) is 4.68. The first-order valence-corrected chi connectivity index (χ1v) is 6.73. The summed E-state index contributed by atoms with van der Waals surface area (Å²) in [6, 6.07) is 3.85. The van der Waals surface area contributed by atoms with Crippen LogP contribution in [-0.4, -0.2) is 30.5 Å². The van der Waals surface area contributed by atoms with E-state index in [0.717, 1.165) is 17.5 Å². The zero-order valence-electron chi connectivity index (χ0n) is 12.6. The van der Waals surface area contributed by atoms with Crippen molar-refractivity contribution in [1.29, 1.82) is 0 Å². The van der Waals surface area contributed by atoms with Gasteiger partial charge in [0.05, 0.1) is 20.4 Å². The van der Waals surface area contributed by atoms with Crippen LogP contribution < -0.4 is 19.9 Å². The van der Waals surface area contributed by atoms with Crippen molar-refractivity contribution in [1.82, 2.24) is 9.78 Å². The molecule has 1 aromatic carbocycles. The summed E-state index contributed by atoms with van der Waals surface area (Å²) in [5.74, 6) is 1.87. The number of rotatable bonds is 7. The van der Waals surface area contributed by atoms with Crippen LogP contribution in [0.5, 0.6) is 17.2 Å². The number of nitrogens with zero attached hydrogens (tertiary/aromatic N) is 2. The van der Waals surface area contributed by atoms with E-state index in [0.29, 0.717) is 30.4 Å². The average Bonchev–Trinajstić information content (AvgIpc) is 2.90. The Hall–Kier alpha value is -2.21. The third-order valence-electron chi connectivity index (χ3n) is 3.09. The van der Waals surface area contributed by atoms with Crippen LogP contribution in [0.3, 0.4) is 0 Å². The quantitative estimate of drug-likeness (QED) is 0.837. The second kappa shape index (κ2) is 6.99. The minimum Gasteiger partial charge on any atom is -0.493 e. The molecular weight excluding hydrogens is 270 g/mol. The Bertz CT molecular complexity index is 571. The minimum absolute atomic E-state index is 0.400. The highest BCUT2D eigenvalue weighted by molar-refractivity contribution is 5.54. The predicted octanol–water partition coefficient (Wildman–Crippen LogP) is 1.52. The van der Waals surface area contributed by atoms with E-state index >= 15 is 0 Å². The molecule has 6 heteroatoms. The molecule has 114 valence electrons. The number of methoxy groups -OCH3 is 2. The highest BCUT2D eigenvalue weighted by Gasteiger charge is 2.14. The van der Waals surface area contributed by atoms with Gasteiger partial charge in [-0.05, 0) is 30.7 Å². The van der Waals surface area contributed by atoms with Gasteiger partial charge in [-0.25, -0.2) is 0 Å². The molecule has 0 saturated heterocycles. The molecule has 2 N–H and O–H groups in total. The zero-order chi connectivity index (χ0) is 15.2. The summed E-state index contributed by atoms with van der Waals surface area (Å²) < 4.78 is 18.4. The maximum Gasteiger partial charge on any atom is 0.203 e. The lowest BCUT2D eigenvalue weighted by Gasteiger charge is -2.15. The van der Waals surface area contributed by atoms with Gasteiger partial charge in [-0.3, -0.25) is 4.68 Å². The molecule has 0 saturated carbocycles. The van der Waals surface area contributed by atoms with E-state index in [-0.39, 0.29) is 0 Å². The number of aromatic nitrogens is 2. The zero-order valence-corrected chi connectivity index (χ0v) is 12.6. The molecule has 0 atom stereocenters. The highest BCUT2D eigenvalue weighted by Crippen LogP contribution is 2.39. The molecule has 0 fully saturated rings. The first-order valence-electron chi connectivity index (χ1n) is 6.73. The Morgan fingerprint density at radius 1 is 1.14 bits per heavy atom. The Kier molecular flexibility index (Phi) is 5.05. The van der Waals surface area contributed by atoms with Crippen LogP contribution in [0, 0.1) is 0 Å². The lowest BCUT2D eigenvalue weighted by molar-refractivity contribution is 0.265. The second-order valence-corrected chi connectivity index (χ2v) is 4.68. The van der Waals surface area contributed by atoms with E-state index in [2.05, 4.69) is 5.10 Å². The van der Waals surface area contributed by atoms with E-state index in [1.807, 2.05) is 25.4 Å². The van der Waals surface area contributed by atoms with Gasteiger partial charge in [0.15, 0.2) is 11.5 Å². The fraction of sp³-hybridized carbons (Fsp3) is 0.400. The number of ether oxygens (including phenoxy) is 3. The SMILES string of the molecule is COc1cc(CCN)cc(OC)c1OCc1cnn(C)c1. The largest absolute Gasteiger partial charge is 0.493 e. The van der Waals surface area contributed by atoms with Gasteiger partial charge in [-0.2, -0.15) is 5.10 Å². The molecule has 2 aromatic rings. The molecule has 0 radical (unpaired) electrons. The lowest BCUT2D eigenvalue weighted by Crippen LogP contribution is -2.05. The molecule has 0 amide bonds. The summed E-state index contributed by atoms with van der Waals surface area (Å²) >= 11 is 0. The summed E-state index contributed by atoms with van der Waals surface area (Å²) in [5, 5.41) is 4.11. The monoisotopic (exact) mass is 291 g/mol. The average molecular weight is 291 g/mol. The van der Waals surface area contributed by atoms with Gasteiger partial charge in [0.1, 0.15) is 6.61 Å². The van der Waals surface area contributed by atoms with E-state index in [9.17, 15) is 0 Å². The van der Waals surface area contributed by atoms with Crippen molar-refractivity contribution in [2.24, 2.45) is 12.8 Å². The molecule has 0 bridgehead atoms. The van der Waals surface area contributed by atoms with Gasteiger partial charge >= 0.3 is 0 Å². The van der Waals surface area contributed by atoms with Crippen molar-refractivity contribution < 1.29 is 14.2 Å².